The molecule has 2 aromatic rings. The largest absolute Gasteiger partial charge is 0.379 e. The van der Waals surface area contributed by atoms with Gasteiger partial charge in [0.25, 0.3) is 0 Å². The van der Waals surface area contributed by atoms with Gasteiger partial charge >= 0.3 is 0 Å². The number of aryl methyl sites for hydroxylation is 1. The minimum absolute atomic E-state index is 0.174. The van der Waals surface area contributed by atoms with Crippen LogP contribution in [-0.4, -0.2) is 23.5 Å². The molecule has 0 saturated heterocycles. The van der Waals surface area contributed by atoms with Crippen molar-refractivity contribution >= 4 is 28.6 Å². The highest BCUT2D eigenvalue weighted by Gasteiger charge is 2.29. The van der Waals surface area contributed by atoms with Gasteiger partial charge in [0.05, 0.1) is 22.6 Å². The number of aromatic nitrogens is 1. The number of hydrogen-bond donors (Lipinski definition) is 1. The highest BCUT2D eigenvalue weighted by molar-refractivity contribution is 7.07. The quantitative estimate of drug-likeness (QED) is 0.938. The zero-order chi connectivity index (χ0) is 15.5. The van der Waals surface area contributed by atoms with Crippen molar-refractivity contribution in [2.24, 2.45) is 5.92 Å². The number of fused-ring (bicyclic) bond motifs is 1. The lowest BCUT2D eigenvalue weighted by atomic mass is 9.99. The van der Waals surface area contributed by atoms with Crippen molar-refractivity contribution < 1.29 is 4.79 Å². The number of carbonyl (C=O) groups is 1. The second kappa shape index (κ2) is 6.48. The highest BCUT2D eigenvalue weighted by Crippen LogP contribution is 2.32. The number of nitrogens with one attached hydrogen (secondary N) is 1. The lowest BCUT2D eigenvalue weighted by Crippen LogP contribution is -2.47. The molecule has 1 aliphatic rings. The van der Waals surface area contributed by atoms with E-state index in [0.29, 0.717) is 18.8 Å². The number of para-hydroxylation sites is 2. The Balaban J connectivity index is 1.77. The number of nitrogens with zero attached hydrogens (tertiary/aromatic N) is 2. The zero-order valence-electron chi connectivity index (χ0n) is 13.0. The van der Waals surface area contributed by atoms with E-state index in [2.05, 4.69) is 24.1 Å². The Kier molecular flexibility index (Phi) is 4.43. The first-order valence-electron chi connectivity index (χ1n) is 7.68. The van der Waals surface area contributed by atoms with Crippen LogP contribution in [-0.2, 0) is 11.2 Å². The Morgan fingerprint density at radius 2 is 2.27 bits per heavy atom. The van der Waals surface area contributed by atoms with E-state index in [1.54, 1.807) is 11.3 Å². The summed E-state index contributed by atoms with van der Waals surface area (Å²) in [4.78, 5) is 18.9. The molecule has 116 valence electrons. The fourth-order valence-corrected chi connectivity index (χ4v) is 3.31. The van der Waals surface area contributed by atoms with Crippen molar-refractivity contribution in [1.82, 2.24) is 4.98 Å². The Bertz CT molecular complexity index is 639. The molecule has 3 rings (SSSR count). The summed E-state index contributed by atoms with van der Waals surface area (Å²) in [7, 11) is 0. The SMILES string of the molecule is CC(C)C1CN(C(=O)CCc2cscn2)c2ccccc2N1. The van der Waals surface area contributed by atoms with Crippen molar-refractivity contribution in [3.8, 4) is 0 Å². The lowest BCUT2D eigenvalue weighted by Gasteiger charge is -2.37. The molecule has 0 saturated carbocycles. The van der Waals surface area contributed by atoms with Crippen LogP contribution in [0.15, 0.2) is 35.2 Å². The van der Waals surface area contributed by atoms with Crippen LogP contribution in [0.2, 0.25) is 0 Å². The van der Waals surface area contributed by atoms with E-state index in [1.165, 1.54) is 0 Å². The van der Waals surface area contributed by atoms with E-state index in [1.807, 2.05) is 40.1 Å². The molecule has 5 heteroatoms. The summed E-state index contributed by atoms with van der Waals surface area (Å²) in [5, 5.41) is 5.56. The molecule has 0 fully saturated rings. The Labute approximate surface area is 135 Å². The Hall–Kier alpha value is -1.88. The second-order valence-electron chi connectivity index (χ2n) is 6.00. The van der Waals surface area contributed by atoms with Crippen LogP contribution in [0.25, 0.3) is 0 Å². The van der Waals surface area contributed by atoms with Gasteiger partial charge in [-0.2, -0.15) is 0 Å². The maximum absolute atomic E-state index is 12.7. The van der Waals surface area contributed by atoms with Crippen LogP contribution >= 0.6 is 11.3 Å². The highest BCUT2D eigenvalue weighted by atomic mass is 32.1. The average Bonchev–Trinajstić information content (AvgIpc) is 3.04. The van der Waals surface area contributed by atoms with Crippen LogP contribution in [0.5, 0.6) is 0 Å². The van der Waals surface area contributed by atoms with Crippen molar-refractivity contribution in [2.45, 2.75) is 32.7 Å². The van der Waals surface area contributed by atoms with Crippen LogP contribution in [0.3, 0.4) is 0 Å². The van der Waals surface area contributed by atoms with Crippen LogP contribution in [0, 0.1) is 5.92 Å². The van der Waals surface area contributed by atoms with E-state index in [4.69, 9.17) is 0 Å². The third-order valence-corrected chi connectivity index (χ3v) is 4.73. The van der Waals surface area contributed by atoms with Gasteiger partial charge in [0, 0.05) is 24.4 Å². The van der Waals surface area contributed by atoms with E-state index in [0.717, 1.165) is 23.6 Å². The molecule has 1 unspecified atom stereocenters. The molecule has 0 radical (unpaired) electrons. The Morgan fingerprint density at radius 3 is 3.00 bits per heavy atom. The van der Waals surface area contributed by atoms with E-state index < -0.39 is 0 Å². The van der Waals surface area contributed by atoms with Crippen molar-refractivity contribution in [2.75, 3.05) is 16.8 Å². The summed E-state index contributed by atoms with van der Waals surface area (Å²) in [6.45, 7) is 5.09. The minimum Gasteiger partial charge on any atom is -0.379 e. The smallest absolute Gasteiger partial charge is 0.227 e. The maximum Gasteiger partial charge on any atom is 0.227 e. The number of rotatable bonds is 4. The fourth-order valence-electron chi connectivity index (χ4n) is 2.72. The van der Waals surface area contributed by atoms with Gasteiger partial charge in [-0.25, -0.2) is 4.98 Å². The first-order chi connectivity index (χ1) is 10.6. The fraction of sp³-hybridized carbons (Fsp3) is 0.412. The summed E-state index contributed by atoms with van der Waals surface area (Å²) in [5.74, 6) is 0.648. The third kappa shape index (κ3) is 3.14. The third-order valence-electron chi connectivity index (χ3n) is 4.10. The predicted molar refractivity (Wildman–Crippen MR) is 91.5 cm³/mol. The number of hydrogen-bond acceptors (Lipinski definition) is 4. The maximum atomic E-state index is 12.7. The van der Waals surface area contributed by atoms with Gasteiger partial charge < -0.3 is 10.2 Å². The molecule has 4 nitrogen and oxygen atoms in total. The summed E-state index contributed by atoms with van der Waals surface area (Å²) in [6.07, 6.45) is 1.21. The molecule has 1 atom stereocenters. The molecule has 2 heterocycles. The second-order valence-corrected chi connectivity index (χ2v) is 6.71. The van der Waals surface area contributed by atoms with Gasteiger partial charge in [0.15, 0.2) is 0 Å². The summed E-state index contributed by atoms with van der Waals surface area (Å²) in [5.41, 5.74) is 4.86. The average molecular weight is 315 g/mol. The van der Waals surface area contributed by atoms with Crippen molar-refractivity contribution in [3.63, 3.8) is 0 Å². The van der Waals surface area contributed by atoms with Crippen LogP contribution < -0.4 is 10.2 Å². The van der Waals surface area contributed by atoms with E-state index in [-0.39, 0.29) is 11.9 Å². The zero-order valence-corrected chi connectivity index (χ0v) is 13.8. The number of amides is 1. The standard InChI is InChI=1S/C17H21N3OS/c1-12(2)15-9-20(16-6-4-3-5-14(16)19-15)17(21)8-7-13-10-22-11-18-13/h3-6,10-12,15,19H,7-9H2,1-2H3. The Morgan fingerprint density at radius 1 is 1.45 bits per heavy atom. The predicted octanol–water partition coefficient (Wildman–Crippen LogP) is 3.56. The molecule has 22 heavy (non-hydrogen) atoms. The lowest BCUT2D eigenvalue weighted by molar-refractivity contribution is -0.118. The molecule has 1 aromatic carbocycles. The normalized spacial score (nSPS) is 17.2. The molecule has 0 spiro atoms. The van der Waals surface area contributed by atoms with Gasteiger partial charge in [-0.15, -0.1) is 11.3 Å². The first-order valence-corrected chi connectivity index (χ1v) is 8.62. The van der Waals surface area contributed by atoms with Gasteiger partial charge in [0.1, 0.15) is 0 Å². The molecular formula is C17H21N3OS. The molecule has 0 aliphatic carbocycles. The topological polar surface area (TPSA) is 45.2 Å². The molecule has 0 bridgehead atoms. The van der Waals surface area contributed by atoms with Gasteiger partial charge in [0.2, 0.25) is 5.91 Å². The minimum atomic E-state index is 0.174. The number of carbonyl (C=O) groups excluding carboxylic acids is 1. The van der Waals surface area contributed by atoms with Crippen molar-refractivity contribution in [1.29, 1.82) is 0 Å². The van der Waals surface area contributed by atoms with Gasteiger partial charge in [-0.1, -0.05) is 26.0 Å². The van der Waals surface area contributed by atoms with E-state index in [9.17, 15) is 4.79 Å². The van der Waals surface area contributed by atoms with E-state index >= 15 is 0 Å². The van der Waals surface area contributed by atoms with Gasteiger partial charge in [-0.3, -0.25) is 4.79 Å². The molecule has 1 N–H and O–H groups in total. The number of anilines is 2. The summed E-state index contributed by atoms with van der Waals surface area (Å²) >= 11 is 1.57. The van der Waals surface area contributed by atoms with Crippen LogP contribution in [0.4, 0.5) is 11.4 Å². The first kappa shape index (κ1) is 15.0. The summed E-state index contributed by atoms with van der Waals surface area (Å²) < 4.78 is 0. The number of thiazole rings is 1. The summed E-state index contributed by atoms with van der Waals surface area (Å²) in [6, 6.07) is 8.34. The van der Waals surface area contributed by atoms with Crippen LogP contribution in [0.1, 0.15) is 26.0 Å². The molecule has 1 aromatic heterocycles. The van der Waals surface area contributed by atoms with Crippen molar-refractivity contribution in [3.05, 3.63) is 40.8 Å². The number of benzene rings is 1. The molecule has 1 aliphatic heterocycles. The monoisotopic (exact) mass is 315 g/mol. The molecule has 1 amide bonds. The molecular weight excluding hydrogens is 294 g/mol. The van der Waals surface area contributed by atoms with Gasteiger partial charge in [-0.05, 0) is 24.5 Å².